The maximum Gasteiger partial charge on any atom is 0.136 e. The van der Waals surface area contributed by atoms with Gasteiger partial charge in [0.05, 0.1) is 6.10 Å². The van der Waals surface area contributed by atoms with Crippen LogP contribution in [0.25, 0.3) is 0 Å². The molecule has 0 amide bonds. The van der Waals surface area contributed by atoms with Crippen molar-refractivity contribution >= 4 is 5.78 Å². The fraction of sp³-hybridized carbons (Fsp3) is 0.960. The van der Waals surface area contributed by atoms with Crippen LogP contribution < -0.4 is 5.32 Å². The van der Waals surface area contributed by atoms with Crippen LogP contribution in [0, 0.1) is 44.8 Å². The van der Waals surface area contributed by atoms with Crippen molar-refractivity contribution in [2.75, 3.05) is 7.05 Å². The summed E-state index contributed by atoms with van der Waals surface area (Å²) in [6.07, 6.45) is 9.57. The van der Waals surface area contributed by atoms with Crippen LogP contribution in [0.3, 0.4) is 0 Å². The van der Waals surface area contributed by atoms with E-state index in [1.165, 1.54) is 38.5 Å². The zero-order valence-electron chi connectivity index (χ0n) is 18.9. The monoisotopic (exact) mass is 387 g/mol. The van der Waals surface area contributed by atoms with Gasteiger partial charge in [0.15, 0.2) is 0 Å². The highest BCUT2D eigenvalue weighted by molar-refractivity contribution is 5.80. The molecular formula is C25H41NO2. The van der Waals surface area contributed by atoms with Crippen LogP contribution in [0.15, 0.2) is 0 Å². The van der Waals surface area contributed by atoms with Crippen LogP contribution in [0.4, 0.5) is 0 Å². The van der Waals surface area contributed by atoms with Crippen LogP contribution in [-0.4, -0.2) is 30.1 Å². The van der Waals surface area contributed by atoms with Crippen molar-refractivity contribution in [1.82, 2.24) is 5.32 Å². The van der Waals surface area contributed by atoms with Gasteiger partial charge in [-0.15, -0.1) is 0 Å². The Balaban J connectivity index is 1.54. The van der Waals surface area contributed by atoms with Crippen molar-refractivity contribution in [1.29, 1.82) is 0 Å². The number of fused-ring (bicyclic) bond motifs is 2. The molecule has 0 aromatic rings. The molecule has 0 unspecified atom stereocenters. The number of ketones is 1. The molecule has 2 spiro atoms. The van der Waals surface area contributed by atoms with Gasteiger partial charge in [-0.1, -0.05) is 27.7 Å². The van der Waals surface area contributed by atoms with Gasteiger partial charge in [0, 0.05) is 12.0 Å². The first-order chi connectivity index (χ1) is 13.0. The second kappa shape index (κ2) is 5.44. The number of aliphatic hydroxyl groups excluding tert-OH is 1. The minimum absolute atomic E-state index is 0.0253. The Morgan fingerprint density at radius 2 is 1.57 bits per heavy atom. The number of aliphatic hydroxyl groups is 1. The predicted molar refractivity (Wildman–Crippen MR) is 112 cm³/mol. The molecule has 0 aromatic heterocycles. The molecule has 3 nitrogen and oxygen atoms in total. The zero-order valence-corrected chi connectivity index (χ0v) is 18.9. The first-order valence-corrected chi connectivity index (χ1v) is 11.9. The molecular weight excluding hydrogens is 346 g/mol. The summed E-state index contributed by atoms with van der Waals surface area (Å²) in [5.74, 6) is 1.57. The highest BCUT2D eigenvalue weighted by atomic mass is 16.3. The average molecular weight is 388 g/mol. The smallest absolute Gasteiger partial charge is 0.136 e. The van der Waals surface area contributed by atoms with Gasteiger partial charge in [-0.2, -0.15) is 0 Å². The van der Waals surface area contributed by atoms with Gasteiger partial charge in [-0.05, 0) is 104 Å². The van der Waals surface area contributed by atoms with Gasteiger partial charge in [0.2, 0.25) is 0 Å². The van der Waals surface area contributed by atoms with E-state index >= 15 is 0 Å². The topological polar surface area (TPSA) is 49.3 Å². The molecule has 0 saturated heterocycles. The summed E-state index contributed by atoms with van der Waals surface area (Å²) in [4.78, 5) is 12.5. The lowest BCUT2D eigenvalue weighted by molar-refractivity contribution is -0.151. The third-order valence-corrected chi connectivity index (χ3v) is 11.9. The largest absolute Gasteiger partial charge is 0.392 e. The van der Waals surface area contributed by atoms with Crippen molar-refractivity contribution in [3.63, 3.8) is 0 Å². The summed E-state index contributed by atoms with van der Waals surface area (Å²) < 4.78 is 0. The number of carbonyl (C=O) groups is 1. The summed E-state index contributed by atoms with van der Waals surface area (Å²) in [5, 5.41) is 14.6. The lowest BCUT2D eigenvalue weighted by Crippen LogP contribution is -2.59. The molecule has 9 atom stereocenters. The van der Waals surface area contributed by atoms with E-state index in [-0.39, 0.29) is 22.5 Å². The minimum Gasteiger partial charge on any atom is -0.392 e. The van der Waals surface area contributed by atoms with Gasteiger partial charge in [0.1, 0.15) is 5.78 Å². The number of rotatable bonds is 2. The molecule has 5 rings (SSSR count). The minimum atomic E-state index is -0.438. The summed E-state index contributed by atoms with van der Waals surface area (Å²) in [6.45, 7) is 11.6. The lowest BCUT2D eigenvalue weighted by Gasteiger charge is -2.63. The van der Waals surface area contributed by atoms with Gasteiger partial charge in [-0.3, -0.25) is 4.79 Å². The normalized spacial score (nSPS) is 58.9. The zero-order chi connectivity index (χ0) is 20.3. The van der Waals surface area contributed by atoms with E-state index in [9.17, 15) is 9.90 Å². The molecule has 0 aromatic carbocycles. The highest BCUT2D eigenvalue weighted by Crippen LogP contribution is 2.88. The van der Waals surface area contributed by atoms with Crippen molar-refractivity contribution in [2.45, 2.75) is 98.1 Å². The quantitative estimate of drug-likeness (QED) is 0.729. The molecule has 0 bridgehead atoms. The van der Waals surface area contributed by atoms with E-state index in [1.54, 1.807) is 6.92 Å². The summed E-state index contributed by atoms with van der Waals surface area (Å²) in [7, 11) is 2.15. The van der Waals surface area contributed by atoms with Crippen LogP contribution in [0.1, 0.15) is 86.0 Å². The highest BCUT2D eigenvalue weighted by Gasteiger charge is 2.82. The summed E-state index contributed by atoms with van der Waals surface area (Å²) in [5.41, 5.74) is 1.48. The number of nitrogens with one attached hydrogen (secondary N) is 1. The maximum absolute atomic E-state index is 12.5. The first-order valence-electron chi connectivity index (χ1n) is 11.9. The Kier molecular flexibility index (Phi) is 3.80. The van der Waals surface area contributed by atoms with Crippen molar-refractivity contribution < 1.29 is 9.90 Å². The molecule has 158 valence electrons. The number of Topliss-reactive ketones (excluding diaryl/α,β-unsaturated/α-hetero) is 1. The van der Waals surface area contributed by atoms with Gasteiger partial charge in [0.25, 0.3) is 0 Å². The third kappa shape index (κ3) is 1.89. The van der Waals surface area contributed by atoms with E-state index < -0.39 is 6.10 Å². The van der Waals surface area contributed by atoms with Crippen LogP contribution >= 0.6 is 0 Å². The Hall–Kier alpha value is -0.410. The van der Waals surface area contributed by atoms with Crippen molar-refractivity contribution in [2.24, 2.45) is 44.8 Å². The van der Waals surface area contributed by atoms with Crippen LogP contribution in [-0.2, 0) is 4.79 Å². The molecule has 3 heteroatoms. The molecule has 0 aliphatic heterocycles. The van der Waals surface area contributed by atoms with E-state index in [1.807, 2.05) is 0 Å². The Labute approximate surface area is 171 Å². The van der Waals surface area contributed by atoms with Crippen molar-refractivity contribution in [3.8, 4) is 0 Å². The standard InChI is InChI=1S/C25H41NO2/c1-15(27)20-16(28)13-23(5)18-8-7-17-21(2,3)19(26-6)9-10-24(17)14-25(18,24)12-11-22(20,23)4/h16-20,26,28H,7-14H2,1-6H3/t16-,17+,18-,19+,20+,22-,23+,24-,25+/m1/s1. The molecule has 0 radical (unpaired) electrons. The van der Waals surface area contributed by atoms with E-state index in [2.05, 4.69) is 40.1 Å². The Bertz CT molecular complexity index is 717. The summed E-state index contributed by atoms with van der Waals surface area (Å²) in [6, 6.07) is 0.636. The fourth-order valence-electron chi connectivity index (χ4n) is 10.7. The molecule has 28 heavy (non-hydrogen) atoms. The van der Waals surface area contributed by atoms with Gasteiger partial charge in [-0.25, -0.2) is 0 Å². The van der Waals surface area contributed by atoms with E-state index in [0.29, 0.717) is 28.2 Å². The molecule has 2 N–H and O–H groups in total. The molecule has 5 fully saturated rings. The van der Waals surface area contributed by atoms with Crippen LogP contribution in [0.2, 0.25) is 0 Å². The van der Waals surface area contributed by atoms with E-state index in [0.717, 1.165) is 18.8 Å². The third-order valence-electron chi connectivity index (χ3n) is 11.9. The first kappa shape index (κ1) is 19.5. The van der Waals surface area contributed by atoms with Gasteiger partial charge < -0.3 is 10.4 Å². The second-order valence-electron chi connectivity index (χ2n) is 12.6. The Morgan fingerprint density at radius 3 is 2.21 bits per heavy atom. The predicted octanol–water partition coefficient (Wildman–Crippen LogP) is 4.57. The average Bonchev–Trinajstić information content (AvgIpc) is 3.19. The lowest BCUT2D eigenvalue weighted by atomic mass is 9.42. The molecule has 5 aliphatic carbocycles. The molecule has 5 saturated carbocycles. The SMILES string of the molecule is CN[C@H]1CC[C@]23C[C@]24CC[C@]2(C)[C@@H](C(C)=O)[C@H](O)C[C@@]2(C)[C@H]4CC[C@H]3C1(C)C. The van der Waals surface area contributed by atoms with Crippen molar-refractivity contribution in [3.05, 3.63) is 0 Å². The fourth-order valence-corrected chi connectivity index (χ4v) is 10.7. The van der Waals surface area contributed by atoms with Gasteiger partial charge >= 0.3 is 0 Å². The molecule has 5 aliphatic rings. The number of carbonyl (C=O) groups excluding carboxylic acids is 1. The van der Waals surface area contributed by atoms with Crippen LogP contribution in [0.5, 0.6) is 0 Å². The Morgan fingerprint density at radius 1 is 0.929 bits per heavy atom. The summed E-state index contributed by atoms with van der Waals surface area (Å²) >= 11 is 0. The molecule has 0 heterocycles. The number of hydrogen-bond acceptors (Lipinski definition) is 3. The number of hydrogen-bond donors (Lipinski definition) is 2. The second-order valence-corrected chi connectivity index (χ2v) is 12.6. The maximum atomic E-state index is 12.5. The van der Waals surface area contributed by atoms with E-state index in [4.69, 9.17) is 0 Å².